The van der Waals surface area contributed by atoms with E-state index < -0.39 is 11.0 Å². The molecular weight excluding hydrogens is 292 g/mol. The van der Waals surface area contributed by atoms with Crippen molar-refractivity contribution in [1.29, 1.82) is 0 Å². The molecule has 1 heterocycles. The lowest BCUT2D eigenvalue weighted by Crippen LogP contribution is -2.51. The Balaban J connectivity index is 2.20. The van der Waals surface area contributed by atoms with Gasteiger partial charge in [0.05, 0.1) is 11.3 Å². The van der Waals surface area contributed by atoms with Crippen LogP contribution in [0.2, 0.25) is 0 Å². The third-order valence-electron chi connectivity index (χ3n) is 6.01. The van der Waals surface area contributed by atoms with Gasteiger partial charge in [-0.1, -0.05) is 34.6 Å². The summed E-state index contributed by atoms with van der Waals surface area (Å²) in [5.41, 5.74) is -1.46. The van der Waals surface area contributed by atoms with E-state index in [2.05, 4.69) is 34.6 Å². The maximum absolute atomic E-state index is 13.1. The average molecular weight is 324 g/mol. The van der Waals surface area contributed by atoms with Crippen molar-refractivity contribution < 1.29 is 19.1 Å². The van der Waals surface area contributed by atoms with Crippen molar-refractivity contribution in [2.45, 2.75) is 85.9 Å². The Morgan fingerprint density at radius 2 is 1.96 bits per heavy atom. The number of fused-ring (bicyclic) bond motifs is 2. The fourth-order valence-electron chi connectivity index (χ4n) is 3.82. The summed E-state index contributed by atoms with van der Waals surface area (Å²) in [5.74, 6) is 0.106. The van der Waals surface area contributed by atoms with Crippen LogP contribution in [0, 0.1) is 22.7 Å². The molecule has 23 heavy (non-hydrogen) atoms. The van der Waals surface area contributed by atoms with Gasteiger partial charge in [-0.05, 0) is 44.4 Å². The van der Waals surface area contributed by atoms with E-state index in [1.165, 1.54) is 0 Å². The van der Waals surface area contributed by atoms with Crippen LogP contribution in [0.1, 0.15) is 74.1 Å². The first-order valence-corrected chi connectivity index (χ1v) is 8.83. The average Bonchev–Trinajstić information content (AvgIpc) is 2.71. The highest BCUT2D eigenvalue weighted by atomic mass is 16.6. The van der Waals surface area contributed by atoms with Gasteiger partial charge in [-0.15, -0.1) is 0 Å². The minimum atomic E-state index is -0.691. The number of carbonyl (C=O) groups is 2. The molecule has 1 aliphatic heterocycles. The molecule has 2 aliphatic rings. The Kier molecular flexibility index (Phi) is 4.60. The topological polar surface area (TPSA) is 52.6 Å². The fourth-order valence-corrected chi connectivity index (χ4v) is 3.82. The minimum Gasteiger partial charge on any atom is -0.458 e. The van der Waals surface area contributed by atoms with Crippen LogP contribution in [-0.2, 0) is 19.1 Å². The van der Waals surface area contributed by atoms with Crippen LogP contribution in [0.15, 0.2) is 0 Å². The van der Waals surface area contributed by atoms with Crippen molar-refractivity contribution in [1.82, 2.24) is 0 Å². The molecule has 0 aromatic heterocycles. The van der Waals surface area contributed by atoms with Crippen molar-refractivity contribution in [3.05, 3.63) is 0 Å². The zero-order valence-corrected chi connectivity index (χ0v) is 15.7. The first-order valence-electron chi connectivity index (χ1n) is 8.83. The van der Waals surface area contributed by atoms with Crippen LogP contribution in [-0.4, -0.2) is 23.6 Å². The maximum atomic E-state index is 13.1. The lowest BCUT2D eigenvalue weighted by atomic mass is 9.64. The molecule has 2 fully saturated rings. The van der Waals surface area contributed by atoms with Crippen LogP contribution in [0.3, 0.4) is 0 Å². The monoisotopic (exact) mass is 324 g/mol. The smallest absolute Gasteiger partial charge is 0.313 e. The summed E-state index contributed by atoms with van der Waals surface area (Å²) in [6.07, 6.45) is 2.61. The van der Waals surface area contributed by atoms with Crippen molar-refractivity contribution in [3.63, 3.8) is 0 Å². The van der Waals surface area contributed by atoms with Gasteiger partial charge in [0.1, 0.15) is 11.7 Å². The molecule has 0 N–H and O–H groups in total. The van der Waals surface area contributed by atoms with E-state index in [-0.39, 0.29) is 29.4 Å². The van der Waals surface area contributed by atoms with E-state index in [4.69, 9.17) is 9.47 Å². The van der Waals surface area contributed by atoms with Crippen molar-refractivity contribution in [2.75, 3.05) is 0 Å². The standard InChI is InChI=1S/C19H32O4/c1-12(2)11-18(6,17(3,4)5)16(21)23-19(7)9-8-13-10-14(19)22-15(13)20/h12-14H,8-11H2,1-7H3. The molecule has 2 bridgehead atoms. The summed E-state index contributed by atoms with van der Waals surface area (Å²) in [6, 6.07) is 0. The predicted molar refractivity (Wildman–Crippen MR) is 88.7 cm³/mol. The highest BCUT2D eigenvalue weighted by molar-refractivity contribution is 5.79. The first-order chi connectivity index (χ1) is 10.4. The largest absolute Gasteiger partial charge is 0.458 e. The molecule has 4 heteroatoms. The van der Waals surface area contributed by atoms with E-state index in [0.717, 1.165) is 12.8 Å². The number of esters is 2. The third-order valence-corrected chi connectivity index (χ3v) is 6.01. The van der Waals surface area contributed by atoms with Gasteiger partial charge in [-0.3, -0.25) is 9.59 Å². The maximum Gasteiger partial charge on any atom is 0.313 e. The molecule has 4 nitrogen and oxygen atoms in total. The Morgan fingerprint density at radius 3 is 2.48 bits per heavy atom. The summed E-state index contributed by atoms with van der Waals surface area (Å²) in [6.45, 7) is 14.4. The van der Waals surface area contributed by atoms with Crippen LogP contribution in [0.25, 0.3) is 0 Å². The third kappa shape index (κ3) is 3.27. The molecule has 1 saturated heterocycles. The van der Waals surface area contributed by atoms with Crippen molar-refractivity contribution >= 4 is 11.9 Å². The van der Waals surface area contributed by atoms with E-state index in [1.807, 2.05) is 13.8 Å². The lowest BCUT2D eigenvalue weighted by Gasteiger charge is -2.45. The van der Waals surface area contributed by atoms with Gasteiger partial charge in [0.15, 0.2) is 0 Å². The highest BCUT2D eigenvalue weighted by Crippen LogP contribution is 2.48. The second-order valence-electron chi connectivity index (χ2n) is 9.28. The fraction of sp³-hybridized carbons (Fsp3) is 0.895. The molecule has 1 aliphatic carbocycles. The normalized spacial score (nSPS) is 33.3. The van der Waals surface area contributed by atoms with Crippen LogP contribution in [0.5, 0.6) is 0 Å². The van der Waals surface area contributed by atoms with Crippen LogP contribution >= 0.6 is 0 Å². The number of hydrogen-bond acceptors (Lipinski definition) is 4. The van der Waals surface area contributed by atoms with Gasteiger partial charge >= 0.3 is 11.9 Å². The van der Waals surface area contributed by atoms with Crippen molar-refractivity contribution in [2.24, 2.45) is 22.7 Å². The van der Waals surface area contributed by atoms with E-state index in [9.17, 15) is 9.59 Å². The van der Waals surface area contributed by atoms with Crippen molar-refractivity contribution in [3.8, 4) is 0 Å². The molecule has 0 aromatic carbocycles. The van der Waals surface area contributed by atoms with E-state index >= 15 is 0 Å². The predicted octanol–water partition coefficient (Wildman–Crippen LogP) is 4.11. The Labute approximate surface area is 140 Å². The lowest BCUT2D eigenvalue weighted by molar-refractivity contribution is -0.193. The summed E-state index contributed by atoms with van der Waals surface area (Å²) >= 11 is 0. The van der Waals surface area contributed by atoms with Crippen LogP contribution in [0.4, 0.5) is 0 Å². The van der Waals surface area contributed by atoms with Gasteiger partial charge in [0.25, 0.3) is 0 Å². The summed E-state index contributed by atoms with van der Waals surface area (Å²) in [7, 11) is 0. The number of ether oxygens (including phenoxy) is 2. The Morgan fingerprint density at radius 1 is 1.35 bits per heavy atom. The number of hydrogen-bond donors (Lipinski definition) is 0. The molecule has 2 rings (SSSR count). The first kappa shape index (κ1) is 18.3. The molecule has 0 aromatic rings. The summed E-state index contributed by atoms with van der Waals surface area (Å²) in [4.78, 5) is 24.9. The Bertz CT molecular complexity index is 490. The van der Waals surface area contributed by atoms with Gasteiger partial charge in [-0.25, -0.2) is 0 Å². The molecule has 0 radical (unpaired) electrons. The molecular formula is C19H32O4. The Hall–Kier alpha value is -1.06. The van der Waals surface area contributed by atoms with E-state index in [1.54, 1.807) is 0 Å². The molecule has 0 spiro atoms. The highest BCUT2D eigenvalue weighted by Gasteiger charge is 2.55. The minimum absolute atomic E-state index is 0.00330. The van der Waals surface area contributed by atoms with E-state index in [0.29, 0.717) is 18.8 Å². The van der Waals surface area contributed by atoms with Crippen LogP contribution < -0.4 is 0 Å². The SMILES string of the molecule is CC(C)CC(C)(C(=O)OC1(C)CCC2CC1OC2=O)C(C)(C)C. The zero-order chi connectivity index (χ0) is 17.6. The zero-order valence-electron chi connectivity index (χ0n) is 15.7. The van der Waals surface area contributed by atoms with Gasteiger partial charge in [0.2, 0.25) is 0 Å². The molecule has 4 atom stereocenters. The number of carbonyl (C=O) groups excluding carboxylic acids is 2. The number of rotatable bonds is 4. The van der Waals surface area contributed by atoms with Gasteiger partial charge in [0, 0.05) is 6.42 Å². The van der Waals surface area contributed by atoms with Gasteiger partial charge < -0.3 is 9.47 Å². The second-order valence-corrected chi connectivity index (χ2v) is 9.28. The molecule has 1 saturated carbocycles. The second kappa shape index (κ2) is 5.78. The molecule has 4 unspecified atom stereocenters. The summed E-state index contributed by atoms with van der Waals surface area (Å²) < 4.78 is 11.5. The molecule has 132 valence electrons. The molecule has 0 amide bonds. The quantitative estimate of drug-likeness (QED) is 0.730. The van der Waals surface area contributed by atoms with Gasteiger partial charge in [-0.2, -0.15) is 0 Å². The summed E-state index contributed by atoms with van der Waals surface area (Å²) in [5, 5.41) is 0.